The van der Waals surface area contributed by atoms with E-state index in [-0.39, 0.29) is 0 Å². The molecule has 14 heavy (non-hydrogen) atoms. The van der Waals surface area contributed by atoms with Crippen molar-refractivity contribution in [1.29, 1.82) is 0 Å². The van der Waals surface area contributed by atoms with Crippen LogP contribution in [0.3, 0.4) is 0 Å². The summed E-state index contributed by atoms with van der Waals surface area (Å²) in [6.07, 6.45) is -0.934. The molecule has 5 heteroatoms. The number of ether oxygens (including phenoxy) is 1. The Balaban J connectivity index is 2.82. The number of anilines is 1. The summed E-state index contributed by atoms with van der Waals surface area (Å²) >= 11 is 5.78. The molecule has 0 aliphatic carbocycles. The van der Waals surface area contributed by atoms with Gasteiger partial charge < -0.3 is 15.6 Å². The molecule has 4 nitrogen and oxygen atoms in total. The van der Waals surface area contributed by atoms with Gasteiger partial charge in [-0.3, -0.25) is 0 Å². The highest BCUT2D eigenvalue weighted by atomic mass is 35.5. The summed E-state index contributed by atoms with van der Waals surface area (Å²) in [4.78, 5) is 10.5. The highest BCUT2D eigenvalue weighted by molar-refractivity contribution is 6.32. The first-order chi connectivity index (χ1) is 6.50. The van der Waals surface area contributed by atoms with Crippen LogP contribution in [0.4, 0.5) is 5.69 Å². The van der Waals surface area contributed by atoms with Gasteiger partial charge in [0.05, 0.1) is 5.02 Å². The third-order valence-corrected chi connectivity index (χ3v) is 1.90. The van der Waals surface area contributed by atoms with Crippen LogP contribution in [0.2, 0.25) is 5.02 Å². The zero-order chi connectivity index (χ0) is 10.7. The largest absolute Gasteiger partial charge is 0.479 e. The van der Waals surface area contributed by atoms with Crippen LogP contribution >= 0.6 is 11.6 Å². The van der Waals surface area contributed by atoms with Crippen molar-refractivity contribution in [1.82, 2.24) is 0 Å². The number of carboxylic acids is 1. The second kappa shape index (κ2) is 4.19. The Hall–Kier alpha value is -1.42. The molecule has 0 bridgehead atoms. The van der Waals surface area contributed by atoms with Crippen molar-refractivity contribution >= 4 is 23.3 Å². The van der Waals surface area contributed by atoms with Gasteiger partial charge in [0.1, 0.15) is 5.75 Å². The fraction of sp³-hybridized carbons (Fsp3) is 0.222. The van der Waals surface area contributed by atoms with Crippen molar-refractivity contribution in [2.45, 2.75) is 13.0 Å². The van der Waals surface area contributed by atoms with Crippen molar-refractivity contribution in [3.63, 3.8) is 0 Å². The van der Waals surface area contributed by atoms with E-state index in [0.29, 0.717) is 16.5 Å². The molecular weight excluding hydrogens is 206 g/mol. The van der Waals surface area contributed by atoms with Crippen LogP contribution in [0.15, 0.2) is 18.2 Å². The SMILES string of the molecule is CC(Oc1ccc(N)cc1Cl)C(=O)O. The van der Waals surface area contributed by atoms with E-state index in [9.17, 15) is 4.79 Å². The number of nitrogens with two attached hydrogens (primary N) is 1. The molecule has 0 amide bonds. The molecule has 0 saturated carbocycles. The fourth-order valence-electron chi connectivity index (χ4n) is 0.854. The van der Waals surface area contributed by atoms with Crippen molar-refractivity contribution < 1.29 is 14.6 Å². The van der Waals surface area contributed by atoms with E-state index < -0.39 is 12.1 Å². The number of hydrogen-bond donors (Lipinski definition) is 2. The summed E-state index contributed by atoms with van der Waals surface area (Å²) < 4.78 is 5.07. The molecule has 1 aromatic rings. The zero-order valence-electron chi connectivity index (χ0n) is 7.53. The number of aliphatic carboxylic acids is 1. The molecule has 0 aliphatic heterocycles. The molecule has 1 unspecified atom stereocenters. The fourth-order valence-corrected chi connectivity index (χ4v) is 1.09. The lowest BCUT2D eigenvalue weighted by molar-refractivity contribution is -0.144. The van der Waals surface area contributed by atoms with Crippen LogP contribution in [-0.4, -0.2) is 17.2 Å². The van der Waals surface area contributed by atoms with Crippen LogP contribution in [0.25, 0.3) is 0 Å². The third-order valence-electron chi connectivity index (χ3n) is 1.61. The average molecular weight is 216 g/mol. The second-order valence-electron chi connectivity index (χ2n) is 2.79. The van der Waals surface area contributed by atoms with Crippen LogP contribution in [0.1, 0.15) is 6.92 Å². The van der Waals surface area contributed by atoms with E-state index in [2.05, 4.69) is 0 Å². The summed E-state index contributed by atoms with van der Waals surface area (Å²) in [5, 5.41) is 8.90. The van der Waals surface area contributed by atoms with Gasteiger partial charge in [-0.2, -0.15) is 0 Å². The summed E-state index contributed by atoms with van der Waals surface area (Å²) in [5.74, 6) is -0.728. The number of hydrogen-bond acceptors (Lipinski definition) is 3. The van der Waals surface area contributed by atoms with Gasteiger partial charge in [0.15, 0.2) is 6.10 Å². The highest BCUT2D eigenvalue weighted by Crippen LogP contribution is 2.27. The van der Waals surface area contributed by atoms with Crippen molar-refractivity contribution in [2.75, 3.05) is 5.73 Å². The summed E-state index contributed by atoms with van der Waals surface area (Å²) in [6, 6.07) is 4.64. The number of rotatable bonds is 3. The summed E-state index contributed by atoms with van der Waals surface area (Å²) in [6.45, 7) is 1.43. The number of carbonyl (C=O) groups is 1. The Morgan fingerprint density at radius 1 is 1.64 bits per heavy atom. The Kier molecular flexibility index (Phi) is 3.19. The Morgan fingerprint density at radius 3 is 2.79 bits per heavy atom. The molecule has 0 aliphatic rings. The standard InChI is InChI=1S/C9H10ClNO3/c1-5(9(12)13)14-8-3-2-6(11)4-7(8)10/h2-5H,11H2,1H3,(H,12,13). The molecule has 76 valence electrons. The molecule has 3 N–H and O–H groups in total. The minimum absolute atomic E-state index is 0.304. The first-order valence-corrected chi connectivity index (χ1v) is 4.33. The van der Waals surface area contributed by atoms with Crippen LogP contribution < -0.4 is 10.5 Å². The predicted octanol–water partition coefficient (Wildman–Crippen LogP) is 1.77. The smallest absolute Gasteiger partial charge is 0.344 e. The lowest BCUT2D eigenvalue weighted by Crippen LogP contribution is -2.22. The molecule has 1 atom stereocenters. The van der Waals surface area contributed by atoms with E-state index in [1.165, 1.54) is 19.1 Å². The predicted molar refractivity (Wildman–Crippen MR) is 53.6 cm³/mol. The van der Waals surface area contributed by atoms with Crippen molar-refractivity contribution in [3.05, 3.63) is 23.2 Å². The Morgan fingerprint density at radius 2 is 2.29 bits per heavy atom. The lowest BCUT2D eigenvalue weighted by atomic mass is 10.3. The first-order valence-electron chi connectivity index (χ1n) is 3.95. The maximum atomic E-state index is 10.5. The minimum Gasteiger partial charge on any atom is -0.479 e. The number of halogens is 1. The molecule has 0 radical (unpaired) electrons. The van der Waals surface area contributed by atoms with Gasteiger partial charge in [-0.1, -0.05) is 11.6 Å². The quantitative estimate of drug-likeness (QED) is 0.754. The first kappa shape index (κ1) is 10.7. The van der Waals surface area contributed by atoms with Gasteiger partial charge in [0.25, 0.3) is 0 Å². The van der Waals surface area contributed by atoms with Crippen molar-refractivity contribution in [2.24, 2.45) is 0 Å². The molecule has 0 fully saturated rings. The number of carboxylic acid groups (broad SMARTS) is 1. The zero-order valence-corrected chi connectivity index (χ0v) is 8.28. The Labute approximate surface area is 86.2 Å². The maximum Gasteiger partial charge on any atom is 0.344 e. The van der Waals surface area contributed by atoms with Gasteiger partial charge >= 0.3 is 5.97 Å². The molecular formula is C9H10ClNO3. The maximum absolute atomic E-state index is 10.5. The van der Waals surface area contributed by atoms with Crippen LogP contribution in [0.5, 0.6) is 5.75 Å². The molecule has 0 heterocycles. The summed E-state index contributed by atoms with van der Waals surface area (Å²) in [5.41, 5.74) is 5.97. The summed E-state index contributed by atoms with van der Waals surface area (Å²) in [7, 11) is 0. The second-order valence-corrected chi connectivity index (χ2v) is 3.20. The third kappa shape index (κ3) is 2.53. The van der Waals surface area contributed by atoms with Gasteiger partial charge in [0, 0.05) is 5.69 Å². The van der Waals surface area contributed by atoms with Gasteiger partial charge in [0.2, 0.25) is 0 Å². The van der Waals surface area contributed by atoms with Gasteiger partial charge in [-0.15, -0.1) is 0 Å². The number of nitrogen functional groups attached to an aromatic ring is 1. The van der Waals surface area contributed by atoms with E-state index in [0.717, 1.165) is 0 Å². The normalized spacial score (nSPS) is 12.1. The highest BCUT2D eigenvalue weighted by Gasteiger charge is 2.13. The molecule has 1 rings (SSSR count). The van der Waals surface area contributed by atoms with Gasteiger partial charge in [-0.25, -0.2) is 4.79 Å². The molecule has 0 spiro atoms. The van der Waals surface area contributed by atoms with E-state index in [1.807, 2.05) is 0 Å². The van der Waals surface area contributed by atoms with E-state index in [4.69, 9.17) is 27.2 Å². The van der Waals surface area contributed by atoms with Crippen molar-refractivity contribution in [3.8, 4) is 5.75 Å². The van der Waals surface area contributed by atoms with E-state index in [1.54, 1.807) is 6.07 Å². The topological polar surface area (TPSA) is 72.5 Å². The minimum atomic E-state index is -1.04. The molecule has 0 aromatic heterocycles. The van der Waals surface area contributed by atoms with Crippen LogP contribution in [0, 0.1) is 0 Å². The molecule has 1 aromatic carbocycles. The van der Waals surface area contributed by atoms with Gasteiger partial charge in [-0.05, 0) is 25.1 Å². The average Bonchev–Trinajstić information content (AvgIpc) is 2.09. The molecule has 0 saturated heterocycles. The lowest BCUT2D eigenvalue weighted by Gasteiger charge is -2.11. The number of benzene rings is 1. The Bertz CT molecular complexity index is 354. The monoisotopic (exact) mass is 215 g/mol. The van der Waals surface area contributed by atoms with E-state index >= 15 is 0 Å². The van der Waals surface area contributed by atoms with Crippen LogP contribution in [-0.2, 0) is 4.79 Å².